The molecule has 14 heavy (non-hydrogen) atoms. The molecule has 1 aromatic carbocycles. The minimum atomic E-state index is -4.27. The van der Waals surface area contributed by atoms with Crippen molar-refractivity contribution in [2.45, 2.75) is 13.1 Å². The van der Waals surface area contributed by atoms with Crippen LogP contribution in [0.15, 0.2) is 24.3 Å². The molecule has 0 unspecified atom stereocenters. The van der Waals surface area contributed by atoms with Gasteiger partial charge in [-0.2, -0.15) is 13.2 Å². The predicted molar refractivity (Wildman–Crippen MR) is 48.0 cm³/mol. The third kappa shape index (κ3) is 1.47. The summed E-state index contributed by atoms with van der Waals surface area (Å²) >= 11 is 0. The number of alkyl halides is 3. The number of aromatic nitrogens is 1. The second-order valence-corrected chi connectivity index (χ2v) is 3.25. The second kappa shape index (κ2) is 2.77. The number of nitrogens with one attached hydrogen (secondary N) is 1. The molecule has 1 aromatic heterocycles. The minimum absolute atomic E-state index is 0.525. The van der Waals surface area contributed by atoms with E-state index in [1.165, 1.54) is 6.07 Å². The fourth-order valence-corrected chi connectivity index (χ4v) is 1.45. The van der Waals surface area contributed by atoms with Crippen LogP contribution in [0.5, 0.6) is 0 Å². The number of halogens is 3. The van der Waals surface area contributed by atoms with E-state index >= 15 is 0 Å². The van der Waals surface area contributed by atoms with Crippen molar-refractivity contribution in [2.24, 2.45) is 0 Å². The van der Waals surface area contributed by atoms with Crippen molar-refractivity contribution < 1.29 is 13.2 Å². The van der Waals surface area contributed by atoms with Gasteiger partial charge in [0, 0.05) is 11.2 Å². The Morgan fingerprint density at radius 1 is 1.14 bits per heavy atom. The number of hydrogen-bond acceptors (Lipinski definition) is 0. The molecule has 0 aliphatic carbocycles. The van der Waals surface area contributed by atoms with E-state index in [-0.39, 0.29) is 0 Å². The molecular formula is C10H8F3N. The first kappa shape index (κ1) is 9.12. The van der Waals surface area contributed by atoms with Gasteiger partial charge in [-0.1, -0.05) is 6.07 Å². The minimum Gasteiger partial charge on any atom is -0.359 e. The van der Waals surface area contributed by atoms with Crippen molar-refractivity contribution in [3.05, 3.63) is 35.5 Å². The first-order valence-corrected chi connectivity index (χ1v) is 4.13. The maximum Gasteiger partial charge on any atom is 0.416 e. The highest BCUT2D eigenvalue weighted by atomic mass is 19.4. The number of aromatic amines is 1. The topological polar surface area (TPSA) is 15.8 Å². The van der Waals surface area contributed by atoms with Gasteiger partial charge in [0.1, 0.15) is 0 Å². The number of H-pyrrole nitrogens is 1. The van der Waals surface area contributed by atoms with Gasteiger partial charge in [0.15, 0.2) is 0 Å². The number of fused-ring (bicyclic) bond motifs is 1. The normalized spacial score (nSPS) is 12.3. The van der Waals surface area contributed by atoms with Crippen molar-refractivity contribution in [3.8, 4) is 0 Å². The summed E-state index contributed by atoms with van der Waals surface area (Å²) in [6, 6.07) is 5.51. The Hall–Kier alpha value is -1.45. The Kier molecular flexibility index (Phi) is 1.80. The monoisotopic (exact) mass is 199 g/mol. The van der Waals surface area contributed by atoms with Crippen molar-refractivity contribution >= 4 is 10.9 Å². The van der Waals surface area contributed by atoms with Crippen LogP contribution < -0.4 is 0 Å². The molecule has 0 atom stereocenters. The van der Waals surface area contributed by atoms with Crippen molar-refractivity contribution in [3.63, 3.8) is 0 Å². The van der Waals surface area contributed by atoms with Gasteiger partial charge in [0.25, 0.3) is 0 Å². The van der Waals surface area contributed by atoms with E-state index in [1.54, 1.807) is 0 Å². The molecule has 0 saturated carbocycles. The van der Waals surface area contributed by atoms with Crippen molar-refractivity contribution in [1.29, 1.82) is 0 Å². The van der Waals surface area contributed by atoms with E-state index < -0.39 is 11.7 Å². The average molecular weight is 199 g/mol. The van der Waals surface area contributed by atoms with Crippen LogP contribution in [0.4, 0.5) is 13.2 Å². The quantitative estimate of drug-likeness (QED) is 0.668. The lowest BCUT2D eigenvalue weighted by Crippen LogP contribution is -2.03. The van der Waals surface area contributed by atoms with Gasteiger partial charge in [-0.25, -0.2) is 0 Å². The van der Waals surface area contributed by atoms with Gasteiger partial charge in [-0.15, -0.1) is 0 Å². The van der Waals surface area contributed by atoms with Gasteiger partial charge in [-0.05, 0) is 30.5 Å². The molecule has 1 nitrogen and oxygen atoms in total. The fourth-order valence-electron chi connectivity index (χ4n) is 1.45. The van der Waals surface area contributed by atoms with Crippen LogP contribution in [0, 0.1) is 6.92 Å². The zero-order valence-electron chi connectivity index (χ0n) is 7.44. The summed E-state index contributed by atoms with van der Waals surface area (Å²) in [5.74, 6) is 0. The first-order valence-electron chi connectivity index (χ1n) is 4.13. The van der Waals surface area contributed by atoms with Crippen LogP contribution in [0.3, 0.4) is 0 Å². The number of hydrogen-bond donors (Lipinski definition) is 1. The standard InChI is InChI=1S/C10H8F3N/c1-6-4-7-2-3-8(10(11,12)13)5-9(7)14-6/h2-5,14H,1H3. The summed E-state index contributed by atoms with van der Waals surface area (Å²) < 4.78 is 36.9. The fraction of sp³-hybridized carbons (Fsp3) is 0.200. The molecule has 0 aliphatic rings. The Morgan fingerprint density at radius 2 is 1.86 bits per heavy atom. The van der Waals surface area contributed by atoms with Crippen LogP contribution in [-0.2, 0) is 6.18 Å². The molecule has 4 heteroatoms. The summed E-state index contributed by atoms with van der Waals surface area (Å²) in [6.07, 6.45) is -4.27. The highest BCUT2D eigenvalue weighted by molar-refractivity contribution is 5.81. The molecular weight excluding hydrogens is 191 g/mol. The van der Waals surface area contributed by atoms with Crippen LogP contribution in [-0.4, -0.2) is 4.98 Å². The molecule has 2 rings (SSSR count). The van der Waals surface area contributed by atoms with Gasteiger partial charge in [0.05, 0.1) is 5.56 Å². The van der Waals surface area contributed by atoms with Crippen LogP contribution >= 0.6 is 0 Å². The van der Waals surface area contributed by atoms with Gasteiger partial charge >= 0.3 is 6.18 Å². The lowest BCUT2D eigenvalue weighted by atomic mass is 10.1. The lowest BCUT2D eigenvalue weighted by Gasteiger charge is -2.05. The van der Waals surface area contributed by atoms with Gasteiger partial charge in [-0.3, -0.25) is 0 Å². The Bertz CT molecular complexity index is 468. The SMILES string of the molecule is Cc1cc2ccc(C(F)(F)F)cc2[nH]1. The Labute approximate surface area is 78.5 Å². The number of aryl methyl sites for hydroxylation is 1. The summed E-state index contributed by atoms with van der Waals surface area (Å²) in [7, 11) is 0. The summed E-state index contributed by atoms with van der Waals surface area (Å²) in [6.45, 7) is 1.81. The summed E-state index contributed by atoms with van der Waals surface area (Å²) in [4.78, 5) is 2.87. The predicted octanol–water partition coefficient (Wildman–Crippen LogP) is 3.50. The molecule has 0 radical (unpaired) electrons. The van der Waals surface area contributed by atoms with E-state index in [9.17, 15) is 13.2 Å². The summed E-state index contributed by atoms with van der Waals surface area (Å²) in [5.41, 5.74) is 0.767. The second-order valence-electron chi connectivity index (χ2n) is 3.25. The van der Waals surface area contributed by atoms with E-state index in [0.29, 0.717) is 5.52 Å². The first-order chi connectivity index (χ1) is 6.47. The Balaban J connectivity index is 2.62. The van der Waals surface area contributed by atoms with E-state index in [0.717, 1.165) is 23.2 Å². The molecule has 0 saturated heterocycles. The average Bonchev–Trinajstić information content (AvgIpc) is 2.41. The largest absolute Gasteiger partial charge is 0.416 e. The van der Waals surface area contributed by atoms with Gasteiger partial charge < -0.3 is 4.98 Å². The van der Waals surface area contributed by atoms with Crippen LogP contribution in [0.2, 0.25) is 0 Å². The van der Waals surface area contributed by atoms with Gasteiger partial charge in [0.2, 0.25) is 0 Å². The highest BCUT2D eigenvalue weighted by Crippen LogP contribution is 2.31. The molecule has 74 valence electrons. The van der Waals surface area contributed by atoms with Crippen molar-refractivity contribution in [1.82, 2.24) is 4.98 Å². The molecule has 0 aliphatic heterocycles. The molecule has 1 heterocycles. The number of benzene rings is 1. The van der Waals surface area contributed by atoms with E-state index in [4.69, 9.17) is 0 Å². The molecule has 0 amide bonds. The maximum absolute atomic E-state index is 12.3. The Morgan fingerprint density at radius 3 is 2.50 bits per heavy atom. The molecule has 2 aromatic rings. The zero-order chi connectivity index (χ0) is 10.3. The summed E-state index contributed by atoms with van der Waals surface area (Å²) in [5, 5.41) is 0.801. The number of rotatable bonds is 0. The zero-order valence-corrected chi connectivity index (χ0v) is 7.44. The molecule has 1 N–H and O–H groups in total. The van der Waals surface area contributed by atoms with Crippen LogP contribution in [0.1, 0.15) is 11.3 Å². The van der Waals surface area contributed by atoms with Crippen LogP contribution in [0.25, 0.3) is 10.9 Å². The molecule has 0 fully saturated rings. The smallest absolute Gasteiger partial charge is 0.359 e. The third-order valence-electron chi connectivity index (χ3n) is 2.08. The molecule has 0 bridgehead atoms. The molecule has 0 spiro atoms. The highest BCUT2D eigenvalue weighted by Gasteiger charge is 2.30. The lowest BCUT2D eigenvalue weighted by molar-refractivity contribution is -0.137. The third-order valence-corrected chi connectivity index (χ3v) is 2.08. The maximum atomic E-state index is 12.3. The van der Waals surface area contributed by atoms with E-state index in [1.807, 2.05) is 13.0 Å². The van der Waals surface area contributed by atoms with Crippen molar-refractivity contribution in [2.75, 3.05) is 0 Å². The van der Waals surface area contributed by atoms with E-state index in [2.05, 4.69) is 4.98 Å².